The van der Waals surface area contributed by atoms with Crippen LogP contribution in [-0.2, 0) is 4.79 Å². The number of hydrogen-bond donors (Lipinski definition) is 1. The summed E-state index contributed by atoms with van der Waals surface area (Å²) in [4.78, 5) is 13.3. The maximum absolute atomic E-state index is 11.6. The zero-order chi connectivity index (χ0) is 11.4. The molecule has 0 aromatic heterocycles. The summed E-state index contributed by atoms with van der Waals surface area (Å²) >= 11 is 0. The van der Waals surface area contributed by atoms with Gasteiger partial charge in [0, 0.05) is 25.6 Å². The number of benzene rings is 1. The van der Waals surface area contributed by atoms with E-state index in [-0.39, 0.29) is 25.0 Å². The Balaban J connectivity index is 1.73. The highest BCUT2D eigenvalue weighted by Gasteiger charge is 2.29. The van der Waals surface area contributed by atoms with Crippen LogP contribution in [0.5, 0.6) is 5.75 Å². The Morgan fingerprint density at radius 1 is 1.38 bits per heavy atom. The summed E-state index contributed by atoms with van der Waals surface area (Å²) in [5, 5.41) is 8.82. The van der Waals surface area contributed by atoms with Gasteiger partial charge in [-0.15, -0.1) is 0 Å². The molecule has 0 radical (unpaired) electrons. The summed E-state index contributed by atoms with van der Waals surface area (Å²) in [6.45, 7) is 1.52. The maximum Gasteiger partial charge on any atom is 0.260 e. The predicted octanol–water partition coefficient (Wildman–Crippen LogP) is 0.516. The van der Waals surface area contributed by atoms with Crippen molar-refractivity contribution in [2.45, 2.75) is 0 Å². The van der Waals surface area contributed by atoms with Crippen LogP contribution in [0, 0.1) is 5.92 Å². The topological polar surface area (TPSA) is 49.8 Å². The highest BCUT2D eigenvalue weighted by Crippen LogP contribution is 2.15. The van der Waals surface area contributed by atoms with Gasteiger partial charge in [0.1, 0.15) is 5.75 Å². The number of para-hydroxylation sites is 1. The smallest absolute Gasteiger partial charge is 0.260 e. The van der Waals surface area contributed by atoms with Crippen molar-refractivity contribution in [3.63, 3.8) is 0 Å². The van der Waals surface area contributed by atoms with Gasteiger partial charge in [-0.3, -0.25) is 4.79 Å². The minimum Gasteiger partial charge on any atom is -0.484 e. The molecule has 0 unspecified atom stereocenters. The minimum absolute atomic E-state index is 0.0199. The Morgan fingerprint density at radius 3 is 2.69 bits per heavy atom. The predicted molar refractivity (Wildman–Crippen MR) is 59.1 cm³/mol. The molecule has 0 bridgehead atoms. The molecular weight excluding hydrogens is 206 g/mol. The molecule has 1 fully saturated rings. The average Bonchev–Trinajstić information content (AvgIpc) is 2.26. The number of amides is 1. The number of ether oxygens (including phenoxy) is 1. The zero-order valence-corrected chi connectivity index (χ0v) is 9.00. The van der Waals surface area contributed by atoms with E-state index in [1.54, 1.807) is 4.90 Å². The number of aliphatic hydroxyl groups is 1. The Kier molecular flexibility index (Phi) is 3.41. The molecule has 1 N–H and O–H groups in total. The first-order chi connectivity index (χ1) is 7.79. The van der Waals surface area contributed by atoms with Crippen molar-refractivity contribution < 1.29 is 14.6 Å². The molecule has 16 heavy (non-hydrogen) atoms. The molecule has 0 aliphatic carbocycles. The summed E-state index contributed by atoms with van der Waals surface area (Å²) in [5.41, 5.74) is 0. The number of likely N-dealkylation sites (tertiary alicyclic amines) is 1. The first-order valence-corrected chi connectivity index (χ1v) is 5.36. The van der Waals surface area contributed by atoms with Crippen LogP contribution < -0.4 is 4.74 Å². The normalized spacial score (nSPS) is 15.7. The van der Waals surface area contributed by atoms with E-state index >= 15 is 0 Å². The lowest BCUT2D eigenvalue weighted by Gasteiger charge is -2.38. The molecule has 86 valence electrons. The Hall–Kier alpha value is -1.55. The second kappa shape index (κ2) is 4.99. The number of carbonyl (C=O) groups is 1. The van der Waals surface area contributed by atoms with E-state index in [1.165, 1.54) is 0 Å². The van der Waals surface area contributed by atoms with Gasteiger partial charge in [0.15, 0.2) is 6.61 Å². The third kappa shape index (κ3) is 2.52. The zero-order valence-electron chi connectivity index (χ0n) is 9.00. The maximum atomic E-state index is 11.6. The molecule has 1 aliphatic rings. The van der Waals surface area contributed by atoms with Crippen molar-refractivity contribution >= 4 is 5.91 Å². The van der Waals surface area contributed by atoms with Gasteiger partial charge in [-0.05, 0) is 12.1 Å². The van der Waals surface area contributed by atoms with Crippen molar-refractivity contribution in [2.24, 2.45) is 5.92 Å². The van der Waals surface area contributed by atoms with Gasteiger partial charge < -0.3 is 14.7 Å². The highest BCUT2D eigenvalue weighted by molar-refractivity contribution is 5.78. The number of rotatable bonds is 4. The highest BCUT2D eigenvalue weighted by atomic mass is 16.5. The molecular formula is C12H15NO3. The summed E-state index contributed by atoms with van der Waals surface area (Å²) in [6, 6.07) is 9.27. The van der Waals surface area contributed by atoms with Crippen molar-refractivity contribution in [3.8, 4) is 5.75 Å². The van der Waals surface area contributed by atoms with E-state index in [9.17, 15) is 4.79 Å². The molecule has 2 rings (SSSR count). The van der Waals surface area contributed by atoms with E-state index in [0.717, 1.165) is 0 Å². The quantitative estimate of drug-likeness (QED) is 0.806. The molecule has 1 saturated heterocycles. The summed E-state index contributed by atoms with van der Waals surface area (Å²) in [6.07, 6.45) is 0. The van der Waals surface area contributed by atoms with Gasteiger partial charge in [0.05, 0.1) is 0 Å². The molecule has 0 atom stereocenters. The van der Waals surface area contributed by atoms with Crippen LogP contribution in [-0.4, -0.2) is 42.2 Å². The fourth-order valence-electron chi connectivity index (χ4n) is 1.64. The Bertz CT molecular complexity index is 347. The molecule has 0 saturated carbocycles. The van der Waals surface area contributed by atoms with Crippen molar-refractivity contribution in [1.29, 1.82) is 0 Å². The molecule has 0 spiro atoms. The molecule has 4 nitrogen and oxygen atoms in total. The van der Waals surface area contributed by atoms with Gasteiger partial charge in [0.2, 0.25) is 0 Å². The Labute approximate surface area is 94.4 Å². The number of hydrogen-bond acceptors (Lipinski definition) is 3. The molecule has 1 heterocycles. The summed E-state index contributed by atoms with van der Waals surface area (Å²) in [5.74, 6) is 0.935. The SMILES string of the molecule is O=C(COc1ccccc1)N1CC(CO)C1. The number of carbonyl (C=O) groups excluding carboxylic acids is 1. The monoisotopic (exact) mass is 221 g/mol. The number of aliphatic hydroxyl groups excluding tert-OH is 1. The van der Waals surface area contributed by atoms with Crippen LogP contribution in [0.15, 0.2) is 30.3 Å². The second-order valence-corrected chi connectivity index (χ2v) is 3.95. The third-order valence-corrected chi connectivity index (χ3v) is 2.67. The van der Waals surface area contributed by atoms with E-state index in [0.29, 0.717) is 18.8 Å². The van der Waals surface area contributed by atoms with E-state index < -0.39 is 0 Å². The summed E-state index contributed by atoms with van der Waals surface area (Å²) < 4.78 is 5.34. The van der Waals surface area contributed by atoms with Gasteiger partial charge in [-0.2, -0.15) is 0 Å². The van der Waals surface area contributed by atoms with E-state index in [1.807, 2.05) is 30.3 Å². The number of nitrogens with zero attached hydrogens (tertiary/aromatic N) is 1. The first-order valence-electron chi connectivity index (χ1n) is 5.36. The van der Waals surface area contributed by atoms with Crippen molar-refractivity contribution in [3.05, 3.63) is 30.3 Å². The molecule has 1 amide bonds. The second-order valence-electron chi connectivity index (χ2n) is 3.95. The van der Waals surface area contributed by atoms with Crippen LogP contribution in [0.2, 0.25) is 0 Å². The largest absolute Gasteiger partial charge is 0.484 e. The Morgan fingerprint density at radius 2 is 2.06 bits per heavy atom. The van der Waals surface area contributed by atoms with Gasteiger partial charge >= 0.3 is 0 Å². The van der Waals surface area contributed by atoms with Gasteiger partial charge in [-0.1, -0.05) is 18.2 Å². The summed E-state index contributed by atoms with van der Waals surface area (Å²) in [7, 11) is 0. The minimum atomic E-state index is -0.0199. The van der Waals surface area contributed by atoms with E-state index in [4.69, 9.17) is 9.84 Å². The van der Waals surface area contributed by atoms with Crippen LogP contribution >= 0.6 is 0 Å². The lowest BCUT2D eigenvalue weighted by atomic mass is 10.0. The molecule has 4 heteroatoms. The van der Waals surface area contributed by atoms with Gasteiger partial charge in [0.25, 0.3) is 5.91 Å². The molecule has 1 aromatic carbocycles. The lowest BCUT2D eigenvalue weighted by molar-refractivity contribution is -0.140. The average molecular weight is 221 g/mol. The van der Waals surface area contributed by atoms with Crippen LogP contribution in [0.4, 0.5) is 0 Å². The van der Waals surface area contributed by atoms with E-state index in [2.05, 4.69) is 0 Å². The van der Waals surface area contributed by atoms with Crippen molar-refractivity contribution in [2.75, 3.05) is 26.3 Å². The molecule has 1 aliphatic heterocycles. The first kappa shape index (κ1) is 11.0. The fraction of sp³-hybridized carbons (Fsp3) is 0.417. The van der Waals surface area contributed by atoms with Gasteiger partial charge in [-0.25, -0.2) is 0 Å². The van der Waals surface area contributed by atoms with Crippen LogP contribution in [0.1, 0.15) is 0 Å². The van der Waals surface area contributed by atoms with Crippen LogP contribution in [0.25, 0.3) is 0 Å². The third-order valence-electron chi connectivity index (χ3n) is 2.67. The molecule has 1 aromatic rings. The van der Waals surface area contributed by atoms with Crippen LogP contribution in [0.3, 0.4) is 0 Å². The fourth-order valence-corrected chi connectivity index (χ4v) is 1.64. The van der Waals surface area contributed by atoms with Crippen molar-refractivity contribution in [1.82, 2.24) is 4.90 Å². The standard InChI is InChI=1S/C12H15NO3/c14-8-10-6-13(7-10)12(15)9-16-11-4-2-1-3-5-11/h1-5,10,14H,6-9H2. The lowest BCUT2D eigenvalue weighted by Crippen LogP contribution is -2.52.